The van der Waals surface area contributed by atoms with Gasteiger partial charge in [0.25, 0.3) is 0 Å². The Bertz CT molecular complexity index is 1390. The van der Waals surface area contributed by atoms with Crippen LogP contribution >= 0.6 is 46.3 Å². The third-order valence-electron chi connectivity index (χ3n) is 5.31. The molecule has 0 unspecified atom stereocenters. The number of aromatic nitrogens is 4. The van der Waals surface area contributed by atoms with Gasteiger partial charge in [-0.3, -0.25) is 9.36 Å². The maximum Gasteiger partial charge on any atom is 0.236 e. The van der Waals surface area contributed by atoms with Crippen molar-refractivity contribution in [2.45, 2.75) is 38.1 Å². The number of ether oxygens (including phenoxy) is 1. The lowest BCUT2D eigenvalue weighted by Gasteiger charge is -2.10. The van der Waals surface area contributed by atoms with Crippen molar-refractivity contribution in [3.8, 4) is 17.0 Å². The number of allylic oxidation sites excluding steroid dienone is 1. The van der Waals surface area contributed by atoms with E-state index in [9.17, 15) is 4.79 Å². The highest BCUT2D eigenvalue weighted by atomic mass is 35.5. The molecular weight excluding hydrogens is 549 g/mol. The van der Waals surface area contributed by atoms with Crippen molar-refractivity contribution in [3.63, 3.8) is 0 Å². The zero-order valence-corrected chi connectivity index (χ0v) is 23.4. The van der Waals surface area contributed by atoms with Crippen LogP contribution < -0.4 is 10.1 Å². The molecule has 0 atom stereocenters. The highest BCUT2D eigenvalue weighted by Crippen LogP contribution is 2.32. The van der Waals surface area contributed by atoms with Crippen LogP contribution in [0.15, 0.2) is 65.7 Å². The molecule has 0 saturated carbocycles. The van der Waals surface area contributed by atoms with Gasteiger partial charge in [0.15, 0.2) is 16.1 Å². The molecular formula is C26H25Cl2N5O2S2. The second kappa shape index (κ2) is 12.6. The largest absolute Gasteiger partial charge is 0.486 e. The molecule has 4 rings (SSSR count). The smallest absolute Gasteiger partial charge is 0.236 e. The monoisotopic (exact) mass is 573 g/mol. The number of hydrogen-bond acceptors (Lipinski definition) is 7. The molecule has 0 aliphatic carbocycles. The van der Waals surface area contributed by atoms with Gasteiger partial charge in [0, 0.05) is 22.5 Å². The standard InChI is InChI=1S/C26H25Cl2N5O2S2/c1-4-11-33-23(13-35-19-8-5-17(6-9-19)16(2)3)31-32-26(33)37-15-24(34)30-25-29-22(14-36-25)20-10-7-18(27)12-21(20)28/h4-10,12,14,16H,1,11,13,15H2,2-3H3,(H,29,30,34). The molecule has 4 aromatic rings. The molecule has 2 aromatic carbocycles. The molecule has 192 valence electrons. The summed E-state index contributed by atoms with van der Waals surface area (Å²) in [5.41, 5.74) is 2.67. The van der Waals surface area contributed by atoms with E-state index in [2.05, 4.69) is 53.1 Å². The topological polar surface area (TPSA) is 81.9 Å². The zero-order valence-electron chi connectivity index (χ0n) is 20.3. The van der Waals surface area contributed by atoms with Crippen molar-refractivity contribution < 1.29 is 9.53 Å². The number of carbonyl (C=O) groups is 1. The van der Waals surface area contributed by atoms with Crippen LogP contribution in [0.4, 0.5) is 5.13 Å². The Morgan fingerprint density at radius 3 is 2.70 bits per heavy atom. The van der Waals surface area contributed by atoms with E-state index in [4.69, 9.17) is 27.9 Å². The molecule has 11 heteroatoms. The van der Waals surface area contributed by atoms with Crippen LogP contribution in [0.3, 0.4) is 0 Å². The Balaban J connectivity index is 1.35. The fourth-order valence-corrected chi connectivity index (χ4v) is 5.38. The summed E-state index contributed by atoms with van der Waals surface area (Å²) in [6.07, 6.45) is 1.76. The van der Waals surface area contributed by atoms with Gasteiger partial charge in [-0.05, 0) is 41.8 Å². The molecule has 0 fully saturated rings. The van der Waals surface area contributed by atoms with Crippen LogP contribution in [0.25, 0.3) is 11.3 Å². The van der Waals surface area contributed by atoms with Crippen molar-refractivity contribution in [1.82, 2.24) is 19.7 Å². The summed E-state index contributed by atoms with van der Waals surface area (Å²) in [6.45, 7) is 8.88. The lowest BCUT2D eigenvalue weighted by molar-refractivity contribution is -0.113. The van der Waals surface area contributed by atoms with E-state index in [0.29, 0.717) is 44.3 Å². The minimum absolute atomic E-state index is 0.142. The average molecular weight is 575 g/mol. The summed E-state index contributed by atoms with van der Waals surface area (Å²) >= 11 is 14.8. The van der Waals surface area contributed by atoms with Crippen molar-refractivity contribution in [3.05, 3.63) is 81.9 Å². The Morgan fingerprint density at radius 1 is 1.22 bits per heavy atom. The molecule has 0 bridgehead atoms. The predicted octanol–water partition coefficient (Wildman–Crippen LogP) is 7.33. The second-order valence-corrected chi connectivity index (χ2v) is 11.0. The lowest BCUT2D eigenvalue weighted by atomic mass is 10.0. The SMILES string of the molecule is C=CCn1c(COc2ccc(C(C)C)cc2)nnc1SCC(=O)Nc1nc(-c2ccc(Cl)cc2Cl)cs1. The van der Waals surface area contributed by atoms with E-state index < -0.39 is 0 Å². The Kier molecular flexibility index (Phi) is 9.26. The first-order chi connectivity index (χ1) is 17.8. The molecule has 0 saturated heterocycles. The number of nitrogens with one attached hydrogen (secondary N) is 1. The maximum atomic E-state index is 12.6. The Labute approximate surface area is 233 Å². The number of nitrogens with zero attached hydrogens (tertiary/aromatic N) is 4. The summed E-state index contributed by atoms with van der Waals surface area (Å²) in [4.78, 5) is 17.1. The van der Waals surface area contributed by atoms with E-state index >= 15 is 0 Å². The van der Waals surface area contributed by atoms with Gasteiger partial charge in [-0.1, -0.05) is 67.0 Å². The number of amides is 1. The summed E-state index contributed by atoms with van der Waals surface area (Å²) in [6, 6.07) is 13.2. The van der Waals surface area contributed by atoms with Gasteiger partial charge in [-0.2, -0.15) is 0 Å². The van der Waals surface area contributed by atoms with Gasteiger partial charge >= 0.3 is 0 Å². The van der Waals surface area contributed by atoms with Gasteiger partial charge in [0.1, 0.15) is 12.4 Å². The lowest BCUT2D eigenvalue weighted by Crippen LogP contribution is -2.15. The minimum Gasteiger partial charge on any atom is -0.486 e. The van der Waals surface area contributed by atoms with Crippen LogP contribution in [-0.4, -0.2) is 31.4 Å². The van der Waals surface area contributed by atoms with Gasteiger partial charge in [-0.25, -0.2) is 4.98 Å². The molecule has 2 heterocycles. The minimum atomic E-state index is -0.204. The summed E-state index contributed by atoms with van der Waals surface area (Å²) < 4.78 is 7.80. The molecule has 0 spiro atoms. The van der Waals surface area contributed by atoms with Gasteiger partial charge in [-0.15, -0.1) is 28.1 Å². The van der Waals surface area contributed by atoms with Crippen LogP contribution in [0.2, 0.25) is 10.0 Å². The fraction of sp³-hybridized carbons (Fsp3) is 0.231. The van der Waals surface area contributed by atoms with Crippen LogP contribution in [0, 0.1) is 0 Å². The zero-order chi connectivity index (χ0) is 26.4. The average Bonchev–Trinajstić information content (AvgIpc) is 3.49. The third-order valence-corrected chi connectivity index (χ3v) is 7.58. The van der Waals surface area contributed by atoms with Crippen molar-refractivity contribution >= 4 is 57.3 Å². The molecule has 0 aliphatic heterocycles. The van der Waals surface area contributed by atoms with E-state index in [1.165, 1.54) is 28.7 Å². The van der Waals surface area contributed by atoms with E-state index in [1.807, 2.05) is 22.1 Å². The quantitative estimate of drug-likeness (QED) is 0.149. The molecule has 1 N–H and O–H groups in total. The van der Waals surface area contributed by atoms with Crippen molar-refractivity contribution in [1.29, 1.82) is 0 Å². The summed E-state index contributed by atoms with van der Waals surface area (Å²) in [7, 11) is 0. The fourth-order valence-electron chi connectivity index (χ4n) is 3.38. The maximum absolute atomic E-state index is 12.6. The number of hydrogen-bond donors (Lipinski definition) is 1. The Hall–Kier alpha value is -2.85. The number of halogens is 2. The van der Waals surface area contributed by atoms with E-state index in [1.54, 1.807) is 24.3 Å². The molecule has 0 aliphatic rings. The first kappa shape index (κ1) is 27.2. The Morgan fingerprint density at radius 2 is 2.00 bits per heavy atom. The third kappa shape index (κ3) is 7.13. The van der Waals surface area contributed by atoms with E-state index in [-0.39, 0.29) is 18.3 Å². The van der Waals surface area contributed by atoms with Crippen LogP contribution in [0.1, 0.15) is 31.2 Å². The molecule has 37 heavy (non-hydrogen) atoms. The van der Waals surface area contributed by atoms with Crippen LogP contribution in [0.5, 0.6) is 5.75 Å². The van der Waals surface area contributed by atoms with Crippen LogP contribution in [-0.2, 0) is 17.9 Å². The molecule has 7 nitrogen and oxygen atoms in total. The number of anilines is 1. The van der Waals surface area contributed by atoms with Gasteiger partial charge < -0.3 is 10.1 Å². The summed E-state index contributed by atoms with van der Waals surface area (Å²) in [5.74, 6) is 1.81. The van der Waals surface area contributed by atoms with Crippen molar-refractivity contribution in [2.24, 2.45) is 0 Å². The number of thiazole rings is 1. The van der Waals surface area contributed by atoms with Crippen molar-refractivity contribution in [2.75, 3.05) is 11.1 Å². The first-order valence-corrected chi connectivity index (χ1v) is 14.1. The molecule has 2 aromatic heterocycles. The van der Waals surface area contributed by atoms with Gasteiger partial charge in [0.2, 0.25) is 5.91 Å². The summed E-state index contributed by atoms with van der Waals surface area (Å²) in [5, 5.41) is 15.3. The molecule has 1 amide bonds. The molecule has 0 radical (unpaired) electrons. The predicted molar refractivity (Wildman–Crippen MR) is 152 cm³/mol. The number of carbonyl (C=O) groups excluding carboxylic acids is 1. The second-order valence-electron chi connectivity index (χ2n) is 8.31. The number of rotatable bonds is 11. The number of benzene rings is 2. The highest BCUT2D eigenvalue weighted by Gasteiger charge is 2.16. The van der Waals surface area contributed by atoms with Gasteiger partial charge in [0.05, 0.1) is 16.5 Å². The highest BCUT2D eigenvalue weighted by molar-refractivity contribution is 7.99. The van der Waals surface area contributed by atoms with E-state index in [0.717, 1.165) is 11.3 Å². The first-order valence-electron chi connectivity index (χ1n) is 11.4. The number of thioether (sulfide) groups is 1. The normalized spacial score (nSPS) is 11.1.